The molecule has 3 amide bonds. The zero-order valence-corrected chi connectivity index (χ0v) is 18.8. The van der Waals surface area contributed by atoms with E-state index in [4.69, 9.17) is 0 Å². The summed E-state index contributed by atoms with van der Waals surface area (Å²) in [4.78, 5) is 42.0. The van der Waals surface area contributed by atoms with Crippen LogP contribution in [0.5, 0.6) is 0 Å². The van der Waals surface area contributed by atoms with E-state index < -0.39 is 11.9 Å². The Kier molecular flexibility index (Phi) is 7.62. The molecule has 0 radical (unpaired) electrons. The summed E-state index contributed by atoms with van der Waals surface area (Å²) in [5.74, 6) is -1.47. The zero-order chi connectivity index (χ0) is 23.3. The lowest BCUT2D eigenvalue weighted by Crippen LogP contribution is -2.52. The van der Waals surface area contributed by atoms with Gasteiger partial charge in [0.1, 0.15) is 11.9 Å². The lowest BCUT2D eigenvalue weighted by molar-refractivity contribution is -0.134. The van der Waals surface area contributed by atoms with Gasteiger partial charge in [0, 0.05) is 31.7 Å². The Balaban J connectivity index is 1.66. The average molecular weight is 440 g/mol. The Morgan fingerprint density at radius 1 is 0.906 bits per heavy atom. The van der Waals surface area contributed by atoms with Gasteiger partial charge >= 0.3 is 0 Å². The minimum absolute atomic E-state index is 0.0395. The fraction of sp³-hybridized carbons (Fsp3) is 0.400. The van der Waals surface area contributed by atoms with Crippen LogP contribution in [-0.4, -0.2) is 59.7 Å². The zero-order valence-electron chi connectivity index (χ0n) is 18.8. The number of carbonyl (C=O) groups is 3. The molecule has 1 fully saturated rings. The Morgan fingerprint density at radius 2 is 1.53 bits per heavy atom. The summed E-state index contributed by atoms with van der Waals surface area (Å²) in [5, 5.41) is 2.88. The highest BCUT2D eigenvalue weighted by atomic mass is 19.1. The first-order valence-electron chi connectivity index (χ1n) is 11.0. The number of nitrogens with one attached hydrogen (secondary N) is 1. The van der Waals surface area contributed by atoms with Crippen LogP contribution in [0.25, 0.3) is 0 Å². The molecule has 0 spiro atoms. The maximum Gasteiger partial charge on any atom is 0.256 e. The van der Waals surface area contributed by atoms with E-state index in [9.17, 15) is 18.8 Å². The molecule has 3 rings (SSSR count). The first-order chi connectivity index (χ1) is 15.3. The molecule has 1 atom stereocenters. The third-order valence-corrected chi connectivity index (χ3v) is 5.73. The number of rotatable bonds is 5. The summed E-state index contributed by atoms with van der Waals surface area (Å²) in [6.45, 7) is 7.30. The first-order valence-corrected chi connectivity index (χ1v) is 11.0. The molecule has 0 aliphatic carbocycles. The number of halogens is 1. The number of hydrogen-bond donors (Lipinski definition) is 1. The van der Waals surface area contributed by atoms with Gasteiger partial charge in [-0.3, -0.25) is 14.4 Å². The van der Waals surface area contributed by atoms with Crippen LogP contribution < -0.4 is 5.32 Å². The second kappa shape index (κ2) is 10.4. The van der Waals surface area contributed by atoms with Gasteiger partial charge in [0.25, 0.3) is 11.8 Å². The molecule has 1 saturated heterocycles. The van der Waals surface area contributed by atoms with Crippen LogP contribution in [0.4, 0.5) is 4.39 Å². The molecule has 1 unspecified atom stereocenters. The lowest BCUT2D eigenvalue weighted by Gasteiger charge is -2.29. The lowest BCUT2D eigenvalue weighted by atomic mass is 10.0. The van der Waals surface area contributed by atoms with Crippen molar-refractivity contribution >= 4 is 17.7 Å². The Labute approximate surface area is 188 Å². The molecule has 32 heavy (non-hydrogen) atoms. The van der Waals surface area contributed by atoms with Crippen LogP contribution in [0.1, 0.15) is 46.5 Å². The van der Waals surface area contributed by atoms with Crippen LogP contribution in [0.2, 0.25) is 0 Å². The fourth-order valence-corrected chi connectivity index (χ4v) is 3.79. The number of amides is 3. The molecule has 2 aromatic carbocycles. The van der Waals surface area contributed by atoms with Gasteiger partial charge in [-0.15, -0.1) is 0 Å². The number of carbonyl (C=O) groups excluding carboxylic acids is 3. The van der Waals surface area contributed by atoms with Gasteiger partial charge in [-0.2, -0.15) is 0 Å². The van der Waals surface area contributed by atoms with E-state index in [0.717, 1.165) is 5.56 Å². The average Bonchev–Trinajstić information content (AvgIpc) is 3.03. The number of aryl methyl sites for hydroxylation is 1. The monoisotopic (exact) mass is 439 g/mol. The molecular formula is C25H30FN3O3. The van der Waals surface area contributed by atoms with E-state index >= 15 is 0 Å². The number of nitrogens with zero attached hydrogens (tertiary/aromatic N) is 2. The smallest absolute Gasteiger partial charge is 0.256 e. The van der Waals surface area contributed by atoms with Crippen LogP contribution in [0, 0.1) is 18.7 Å². The van der Waals surface area contributed by atoms with E-state index in [1.54, 1.807) is 34.1 Å². The normalized spacial score (nSPS) is 15.3. The van der Waals surface area contributed by atoms with E-state index in [0.29, 0.717) is 38.2 Å². The maximum atomic E-state index is 14.0. The van der Waals surface area contributed by atoms with Crippen LogP contribution in [0.15, 0.2) is 48.5 Å². The van der Waals surface area contributed by atoms with Crippen molar-refractivity contribution in [3.63, 3.8) is 0 Å². The van der Waals surface area contributed by atoms with Crippen molar-refractivity contribution in [2.45, 2.75) is 33.2 Å². The summed E-state index contributed by atoms with van der Waals surface area (Å²) < 4.78 is 14.0. The minimum Gasteiger partial charge on any atom is -0.340 e. The molecule has 1 N–H and O–H groups in total. The fourth-order valence-electron chi connectivity index (χ4n) is 3.79. The molecule has 6 nitrogen and oxygen atoms in total. The Hall–Kier alpha value is -3.22. The molecule has 1 aliphatic rings. The Bertz CT molecular complexity index is 975. The first kappa shape index (κ1) is 23.4. The predicted molar refractivity (Wildman–Crippen MR) is 121 cm³/mol. The second-order valence-electron chi connectivity index (χ2n) is 8.51. The van der Waals surface area contributed by atoms with Crippen molar-refractivity contribution in [2.75, 3.05) is 26.2 Å². The Morgan fingerprint density at radius 3 is 2.19 bits per heavy atom. The van der Waals surface area contributed by atoms with Gasteiger partial charge in [-0.05, 0) is 43.5 Å². The van der Waals surface area contributed by atoms with Crippen molar-refractivity contribution in [1.82, 2.24) is 15.1 Å². The summed E-state index contributed by atoms with van der Waals surface area (Å²) in [7, 11) is 0. The summed E-state index contributed by atoms with van der Waals surface area (Å²) in [6, 6.07) is 12.5. The van der Waals surface area contributed by atoms with Gasteiger partial charge in [0.2, 0.25) is 5.91 Å². The molecule has 1 aliphatic heterocycles. The number of hydrogen-bond acceptors (Lipinski definition) is 3. The van der Waals surface area contributed by atoms with Crippen molar-refractivity contribution in [2.24, 2.45) is 5.92 Å². The molecule has 0 bridgehead atoms. The maximum absolute atomic E-state index is 14.0. The quantitative estimate of drug-likeness (QED) is 0.778. The van der Waals surface area contributed by atoms with Crippen molar-refractivity contribution in [3.05, 3.63) is 71.0 Å². The van der Waals surface area contributed by atoms with Crippen LogP contribution in [-0.2, 0) is 4.79 Å². The molecule has 1 heterocycles. The highest BCUT2D eigenvalue weighted by Crippen LogP contribution is 2.15. The van der Waals surface area contributed by atoms with Gasteiger partial charge in [0.15, 0.2) is 0 Å². The minimum atomic E-state index is -0.669. The number of benzene rings is 2. The highest BCUT2D eigenvalue weighted by Gasteiger charge is 2.31. The van der Waals surface area contributed by atoms with E-state index in [1.165, 1.54) is 12.1 Å². The standard InChI is InChI=1S/C25H30FN3O3/c1-17(2)22(27-23(30)19-11-9-18(3)10-12-19)25(32)29-14-6-13-28(15-16-29)24(31)20-7-4-5-8-21(20)26/h4-5,7-12,17,22H,6,13-16H2,1-3H3,(H,27,30). The third kappa shape index (κ3) is 5.52. The van der Waals surface area contributed by atoms with Gasteiger partial charge in [-0.25, -0.2) is 4.39 Å². The van der Waals surface area contributed by atoms with Crippen molar-refractivity contribution in [3.8, 4) is 0 Å². The van der Waals surface area contributed by atoms with Gasteiger partial charge in [-0.1, -0.05) is 43.7 Å². The van der Waals surface area contributed by atoms with Crippen LogP contribution in [0.3, 0.4) is 0 Å². The third-order valence-electron chi connectivity index (χ3n) is 5.73. The molecular weight excluding hydrogens is 409 g/mol. The molecule has 0 aromatic heterocycles. The van der Waals surface area contributed by atoms with Gasteiger partial charge in [0.05, 0.1) is 5.56 Å². The molecule has 170 valence electrons. The summed E-state index contributed by atoms with van der Waals surface area (Å²) in [6.07, 6.45) is 0.586. The predicted octanol–water partition coefficient (Wildman–Crippen LogP) is 3.26. The summed E-state index contributed by atoms with van der Waals surface area (Å²) >= 11 is 0. The highest BCUT2D eigenvalue weighted by molar-refractivity contribution is 5.98. The van der Waals surface area contributed by atoms with Crippen LogP contribution >= 0.6 is 0 Å². The molecule has 7 heteroatoms. The van der Waals surface area contributed by atoms with E-state index in [2.05, 4.69) is 5.32 Å². The van der Waals surface area contributed by atoms with E-state index in [1.807, 2.05) is 32.9 Å². The van der Waals surface area contributed by atoms with Crippen molar-refractivity contribution < 1.29 is 18.8 Å². The molecule has 2 aromatic rings. The largest absolute Gasteiger partial charge is 0.340 e. The van der Waals surface area contributed by atoms with Crippen molar-refractivity contribution in [1.29, 1.82) is 0 Å². The topological polar surface area (TPSA) is 69.7 Å². The van der Waals surface area contributed by atoms with E-state index in [-0.39, 0.29) is 29.2 Å². The molecule has 0 saturated carbocycles. The summed E-state index contributed by atoms with van der Waals surface area (Å²) in [5.41, 5.74) is 1.60. The SMILES string of the molecule is Cc1ccc(C(=O)NC(C(=O)N2CCCN(C(=O)c3ccccc3F)CC2)C(C)C)cc1. The van der Waals surface area contributed by atoms with Gasteiger partial charge < -0.3 is 15.1 Å². The second-order valence-corrected chi connectivity index (χ2v) is 8.51.